The number of hydrogen-bond acceptors (Lipinski definition) is 4. The molecule has 0 aliphatic carbocycles. The fraction of sp³-hybridized carbons (Fsp3) is 0.500. The molecule has 7 heteroatoms. The molecule has 0 aromatic heterocycles. The summed E-state index contributed by atoms with van der Waals surface area (Å²) in [6.45, 7) is 4.13. The molecular formula is C16H26ClN3O3. The van der Waals surface area contributed by atoms with E-state index in [9.17, 15) is 9.59 Å². The van der Waals surface area contributed by atoms with Crippen LogP contribution in [0.25, 0.3) is 0 Å². The Morgan fingerprint density at radius 3 is 2.35 bits per heavy atom. The van der Waals surface area contributed by atoms with Gasteiger partial charge in [0, 0.05) is 26.4 Å². The molecule has 23 heavy (non-hydrogen) atoms. The van der Waals surface area contributed by atoms with Gasteiger partial charge in [-0.2, -0.15) is 0 Å². The summed E-state index contributed by atoms with van der Waals surface area (Å²) in [6, 6.07) is 5.80. The molecule has 1 unspecified atom stereocenters. The van der Waals surface area contributed by atoms with Gasteiger partial charge in [-0.1, -0.05) is 18.2 Å². The second-order valence-corrected chi connectivity index (χ2v) is 5.36. The molecule has 0 heterocycles. The van der Waals surface area contributed by atoms with Crippen molar-refractivity contribution in [1.82, 2.24) is 4.90 Å². The third-order valence-corrected chi connectivity index (χ3v) is 3.55. The van der Waals surface area contributed by atoms with Crippen molar-refractivity contribution in [2.45, 2.75) is 26.4 Å². The Balaban J connectivity index is 0.00000484. The molecule has 0 radical (unpaired) electrons. The quantitative estimate of drug-likeness (QED) is 0.785. The summed E-state index contributed by atoms with van der Waals surface area (Å²) in [5, 5.41) is 2.86. The summed E-state index contributed by atoms with van der Waals surface area (Å²) in [6.07, 6.45) is -0.156. The van der Waals surface area contributed by atoms with Crippen LogP contribution in [0.15, 0.2) is 18.2 Å². The van der Waals surface area contributed by atoms with Gasteiger partial charge in [0.05, 0.1) is 19.1 Å². The molecule has 1 atom stereocenters. The number of rotatable bonds is 7. The van der Waals surface area contributed by atoms with Crippen molar-refractivity contribution < 1.29 is 14.3 Å². The number of amides is 2. The van der Waals surface area contributed by atoms with Crippen LogP contribution in [-0.2, 0) is 14.3 Å². The number of nitrogens with zero attached hydrogens (tertiary/aromatic N) is 1. The normalized spacial score (nSPS) is 11.3. The molecule has 0 saturated carbocycles. The van der Waals surface area contributed by atoms with E-state index in [4.69, 9.17) is 10.5 Å². The summed E-state index contributed by atoms with van der Waals surface area (Å²) in [4.78, 5) is 25.5. The Hall–Kier alpha value is -1.63. The zero-order valence-electron chi connectivity index (χ0n) is 14.1. The first-order chi connectivity index (χ1) is 10.4. The first-order valence-electron chi connectivity index (χ1n) is 7.22. The third kappa shape index (κ3) is 6.56. The Bertz CT molecular complexity index is 513. The van der Waals surface area contributed by atoms with Gasteiger partial charge in [0.15, 0.2) is 0 Å². The minimum absolute atomic E-state index is 0. The standard InChI is InChI=1S/C16H25N3O3.ClH/c1-11-6-5-7-12(2)16(11)18-14(20)10-19(3)15(21)8-13(9-17)22-4;/h5-7,13H,8-10,17H2,1-4H3,(H,18,20);1H. The van der Waals surface area contributed by atoms with Gasteiger partial charge in [0.25, 0.3) is 0 Å². The molecule has 1 aromatic rings. The van der Waals surface area contributed by atoms with E-state index >= 15 is 0 Å². The number of aryl methyl sites for hydroxylation is 2. The van der Waals surface area contributed by atoms with Crippen LogP contribution < -0.4 is 11.1 Å². The second-order valence-electron chi connectivity index (χ2n) is 5.36. The molecule has 6 nitrogen and oxygen atoms in total. The molecule has 1 rings (SSSR count). The fourth-order valence-electron chi connectivity index (χ4n) is 2.11. The zero-order valence-corrected chi connectivity index (χ0v) is 14.9. The molecule has 0 aliphatic heterocycles. The number of para-hydroxylation sites is 1. The highest BCUT2D eigenvalue weighted by atomic mass is 35.5. The van der Waals surface area contributed by atoms with Gasteiger partial charge in [-0.25, -0.2) is 0 Å². The van der Waals surface area contributed by atoms with E-state index in [1.54, 1.807) is 7.05 Å². The van der Waals surface area contributed by atoms with Gasteiger partial charge in [-0.05, 0) is 25.0 Å². The van der Waals surface area contributed by atoms with Crippen molar-refractivity contribution in [2.24, 2.45) is 5.73 Å². The van der Waals surface area contributed by atoms with Crippen molar-refractivity contribution >= 4 is 29.9 Å². The number of carbonyl (C=O) groups is 2. The molecule has 3 N–H and O–H groups in total. The number of likely N-dealkylation sites (N-methyl/N-ethyl adjacent to an activating group) is 1. The van der Waals surface area contributed by atoms with E-state index in [1.165, 1.54) is 12.0 Å². The molecule has 0 spiro atoms. The maximum absolute atomic E-state index is 12.1. The smallest absolute Gasteiger partial charge is 0.243 e. The summed E-state index contributed by atoms with van der Waals surface area (Å²) in [5.74, 6) is -0.399. The topological polar surface area (TPSA) is 84.7 Å². The van der Waals surface area contributed by atoms with Gasteiger partial charge < -0.3 is 20.7 Å². The van der Waals surface area contributed by atoms with Gasteiger partial charge in [-0.15, -0.1) is 12.4 Å². The number of ether oxygens (including phenoxy) is 1. The number of nitrogens with one attached hydrogen (secondary N) is 1. The van der Waals surface area contributed by atoms with Gasteiger partial charge in [-0.3, -0.25) is 9.59 Å². The van der Waals surface area contributed by atoms with E-state index in [-0.39, 0.29) is 49.8 Å². The maximum Gasteiger partial charge on any atom is 0.243 e. The number of halogens is 1. The highest BCUT2D eigenvalue weighted by Gasteiger charge is 2.18. The number of anilines is 1. The van der Waals surface area contributed by atoms with Crippen LogP contribution in [0.1, 0.15) is 17.5 Å². The lowest BCUT2D eigenvalue weighted by atomic mass is 10.1. The van der Waals surface area contributed by atoms with Crippen LogP contribution in [0.2, 0.25) is 0 Å². The highest BCUT2D eigenvalue weighted by Crippen LogP contribution is 2.19. The zero-order chi connectivity index (χ0) is 16.7. The van der Waals surface area contributed by atoms with E-state index in [0.717, 1.165) is 16.8 Å². The van der Waals surface area contributed by atoms with E-state index in [1.807, 2.05) is 32.0 Å². The van der Waals surface area contributed by atoms with E-state index in [0.29, 0.717) is 0 Å². The second kappa shape index (κ2) is 10.2. The predicted molar refractivity (Wildman–Crippen MR) is 93.9 cm³/mol. The summed E-state index contributed by atoms with van der Waals surface area (Å²) in [7, 11) is 3.11. The SMILES string of the molecule is COC(CN)CC(=O)N(C)CC(=O)Nc1c(C)cccc1C.Cl. The molecule has 0 aliphatic rings. The molecule has 2 amide bonds. The van der Waals surface area contributed by atoms with Crippen molar-refractivity contribution in [3.63, 3.8) is 0 Å². The molecule has 130 valence electrons. The van der Waals surface area contributed by atoms with Crippen molar-refractivity contribution in [3.05, 3.63) is 29.3 Å². The number of benzene rings is 1. The molecule has 1 aromatic carbocycles. The lowest BCUT2D eigenvalue weighted by Gasteiger charge is -2.20. The van der Waals surface area contributed by atoms with Crippen LogP contribution in [-0.4, -0.2) is 50.1 Å². The summed E-state index contributed by atoms with van der Waals surface area (Å²) in [5.41, 5.74) is 8.27. The lowest BCUT2D eigenvalue weighted by molar-refractivity contribution is -0.135. The number of nitrogens with two attached hydrogens (primary N) is 1. The number of methoxy groups -OCH3 is 1. The average Bonchev–Trinajstić information content (AvgIpc) is 2.48. The van der Waals surface area contributed by atoms with Crippen molar-refractivity contribution in [3.8, 4) is 0 Å². The highest BCUT2D eigenvalue weighted by molar-refractivity contribution is 5.95. The first-order valence-corrected chi connectivity index (χ1v) is 7.22. The molecular weight excluding hydrogens is 318 g/mol. The first kappa shape index (κ1) is 21.4. The summed E-state index contributed by atoms with van der Waals surface area (Å²) < 4.78 is 5.08. The van der Waals surface area contributed by atoms with Gasteiger partial charge in [0.2, 0.25) is 11.8 Å². The summed E-state index contributed by atoms with van der Waals surface area (Å²) >= 11 is 0. The largest absolute Gasteiger partial charge is 0.380 e. The van der Waals surface area contributed by atoms with Crippen LogP contribution in [0, 0.1) is 13.8 Å². The number of carbonyl (C=O) groups excluding carboxylic acids is 2. The Morgan fingerprint density at radius 2 is 1.87 bits per heavy atom. The minimum atomic E-state index is -0.323. The molecule has 0 fully saturated rings. The molecule has 0 saturated heterocycles. The lowest BCUT2D eigenvalue weighted by Crippen LogP contribution is -2.38. The Morgan fingerprint density at radius 1 is 1.30 bits per heavy atom. The molecule has 0 bridgehead atoms. The monoisotopic (exact) mass is 343 g/mol. The average molecular weight is 344 g/mol. The van der Waals surface area contributed by atoms with E-state index in [2.05, 4.69) is 5.32 Å². The van der Waals surface area contributed by atoms with Crippen LogP contribution in [0.3, 0.4) is 0 Å². The van der Waals surface area contributed by atoms with Crippen LogP contribution in [0.4, 0.5) is 5.69 Å². The number of hydrogen-bond donors (Lipinski definition) is 2. The van der Waals surface area contributed by atoms with Crippen molar-refractivity contribution in [2.75, 3.05) is 32.6 Å². The predicted octanol–water partition coefficient (Wildman–Crippen LogP) is 1.49. The van der Waals surface area contributed by atoms with Crippen LogP contribution in [0.5, 0.6) is 0 Å². The van der Waals surface area contributed by atoms with Gasteiger partial charge in [0.1, 0.15) is 0 Å². The minimum Gasteiger partial charge on any atom is -0.380 e. The van der Waals surface area contributed by atoms with E-state index < -0.39 is 0 Å². The third-order valence-electron chi connectivity index (χ3n) is 3.55. The Kier molecular flexibility index (Phi) is 9.48. The maximum atomic E-state index is 12.1. The van der Waals surface area contributed by atoms with Crippen molar-refractivity contribution in [1.29, 1.82) is 0 Å². The van der Waals surface area contributed by atoms with Crippen LogP contribution >= 0.6 is 12.4 Å². The fourth-order valence-corrected chi connectivity index (χ4v) is 2.11. The Labute approximate surface area is 143 Å². The van der Waals surface area contributed by atoms with Gasteiger partial charge >= 0.3 is 0 Å².